The average Bonchev–Trinajstić information content (AvgIpc) is 3.41. The van der Waals surface area contributed by atoms with E-state index < -0.39 is 47.9 Å². The second-order valence-electron chi connectivity index (χ2n) is 12.5. The Bertz CT molecular complexity index is 1950. The Morgan fingerprint density at radius 2 is 1.59 bits per heavy atom. The molecule has 2 aromatic carbocycles. The van der Waals surface area contributed by atoms with Crippen LogP contribution in [-0.2, 0) is 25.3 Å². The SMILES string of the molecule is CC(C)(C)c1nc(-c2ccc(F)c(NS(=O)(=O)c3c(F)cccc3F)c2)c(-c2ccnc(NC3CCC(CS(C)(=O)=O)CC3)n2)s1. The Morgan fingerprint density at radius 1 is 0.913 bits per heavy atom. The third kappa shape index (κ3) is 7.86. The first-order valence-corrected chi connectivity index (χ1v) is 18.9. The van der Waals surface area contributed by atoms with E-state index >= 15 is 0 Å². The van der Waals surface area contributed by atoms with Gasteiger partial charge in [-0.05, 0) is 68.0 Å². The van der Waals surface area contributed by atoms with Crippen LogP contribution >= 0.6 is 11.3 Å². The van der Waals surface area contributed by atoms with Crippen molar-refractivity contribution in [2.45, 2.75) is 62.8 Å². The maximum atomic E-state index is 14.9. The standard InChI is InChI=1S/C31H34F3N5O4S3/c1-31(2,3)29-38-26(19-10-13-21(32)25(16-19)39-46(42,43)28-22(33)6-5-7-23(28)34)27(44-29)24-14-15-35-30(37-24)36-20-11-8-18(9-12-20)17-45(4,40)41/h5-7,10,13-16,18,20,39H,8-9,11-12,17H2,1-4H3,(H,35,36,37). The summed E-state index contributed by atoms with van der Waals surface area (Å²) >= 11 is 1.38. The van der Waals surface area contributed by atoms with Gasteiger partial charge in [0.15, 0.2) is 4.90 Å². The highest BCUT2D eigenvalue weighted by Gasteiger charge is 2.28. The molecular weight excluding hydrogens is 660 g/mol. The Labute approximate surface area is 270 Å². The fourth-order valence-corrected chi connectivity index (χ4v) is 8.84. The topological polar surface area (TPSA) is 131 Å². The number of nitrogens with one attached hydrogen (secondary N) is 2. The third-order valence-electron chi connectivity index (χ3n) is 7.55. The largest absolute Gasteiger partial charge is 0.351 e. The maximum Gasteiger partial charge on any atom is 0.267 e. The number of halogens is 3. The van der Waals surface area contributed by atoms with E-state index in [2.05, 4.69) is 10.3 Å². The van der Waals surface area contributed by atoms with Crippen molar-refractivity contribution in [3.8, 4) is 21.8 Å². The number of sulfone groups is 1. The van der Waals surface area contributed by atoms with Crippen molar-refractivity contribution in [2.75, 3.05) is 22.0 Å². The molecule has 2 aromatic heterocycles. The molecule has 0 atom stereocenters. The van der Waals surface area contributed by atoms with Gasteiger partial charge >= 0.3 is 0 Å². The summed E-state index contributed by atoms with van der Waals surface area (Å²) in [5.74, 6) is -2.86. The summed E-state index contributed by atoms with van der Waals surface area (Å²) in [6, 6.07) is 8.14. The lowest BCUT2D eigenvalue weighted by atomic mass is 9.87. The van der Waals surface area contributed by atoms with Gasteiger partial charge in [-0.2, -0.15) is 0 Å². The lowest BCUT2D eigenvalue weighted by Crippen LogP contribution is -2.29. The van der Waals surface area contributed by atoms with E-state index in [1.165, 1.54) is 29.7 Å². The number of aromatic nitrogens is 3. The molecular formula is C31H34F3N5O4S3. The summed E-state index contributed by atoms with van der Waals surface area (Å²) in [4.78, 5) is 13.4. The quantitative estimate of drug-likeness (QED) is 0.196. The number of rotatable bonds is 9. The minimum absolute atomic E-state index is 0.0732. The van der Waals surface area contributed by atoms with Crippen LogP contribution in [0.3, 0.4) is 0 Å². The molecule has 0 unspecified atom stereocenters. The molecule has 246 valence electrons. The molecule has 2 N–H and O–H groups in total. The van der Waals surface area contributed by atoms with Crippen LogP contribution < -0.4 is 10.0 Å². The normalized spacial score (nSPS) is 17.5. The molecule has 0 spiro atoms. The number of sulfonamides is 1. The van der Waals surface area contributed by atoms with Crippen LogP contribution in [0.25, 0.3) is 21.8 Å². The molecule has 1 saturated carbocycles. The number of hydrogen-bond acceptors (Lipinski definition) is 9. The molecule has 15 heteroatoms. The van der Waals surface area contributed by atoms with Gasteiger partial charge in [-0.25, -0.2) is 45.0 Å². The van der Waals surface area contributed by atoms with Crippen LogP contribution in [0.5, 0.6) is 0 Å². The van der Waals surface area contributed by atoms with Crippen LogP contribution in [0.1, 0.15) is 51.5 Å². The molecule has 0 aliphatic heterocycles. The minimum Gasteiger partial charge on any atom is -0.351 e. The predicted molar refractivity (Wildman–Crippen MR) is 173 cm³/mol. The summed E-state index contributed by atoms with van der Waals surface area (Å²) < 4.78 is 94.8. The van der Waals surface area contributed by atoms with Gasteiger partial charge in [-0.15, -0.1) is 11.3 Å². The van der Waals surface area contributed by atoms with Crippen molar-refractivity contribution in [3.05, 3.63) is 71.1 Å². The Morgan fingerprint density at radius 3 is 2.22 bits per heavy atom. The molecule has 0 bridgehead atoms. The van der Waals surface area contributed by atoms with Crippen molar-refractivity contribution >= 4 is 42.8 Å². The van der Waals surface area contributed by atoms with E-state index in [-0.39, 0.29) is 23.1 Å². The zero-order chi connectivity index (χ0) is 33.4. The summed E-state index contributed by atoms with van der Waals surface area (Å²) in [5, 5.41) is 4.11. The van der Waals surface area contributed by atoms with Gasteiger partial charge in [0, 0.05) is 29.5 Å². The van der Waals surface area contributed by atoms with E-state index in [0.29, 0.717) is 27.8 Å². The van der Waals surface area contributed by atoms with E-state index in [0.717, 1.165) is 55.0 Å². The average molecular weight is 694 g/mol. The van der Waals surface area contributed by atoms with Gasteiger partial charge in [0.25, 0.3) is 10.0 Å². The van der Waals surface area contributed by atoms with Crippen molar-refractivity contribution in [1.82, 2.24) is 15.0 Å². The Kier molecular flexibility index (Phi) is 9.49. The van der Waals surface area contributed by atoms with Gasteiger partial charge < -0.3 is 5.32 Å². The predicted octanol–water partition coefficient (Wildman–Crippen LogP) is 6.80. The van der Waals surface area contributed by atoms with Crippen molar-refractivity contribution in [2.24, 2.45) is 5.92 Å². The molecule has 0 radical (unpaired) electrons. The highest BCUT2D eigenvalue weighted by atomic mass is 32.2. The summed E-state index contributed by atoms with van der Waals surface area (Å²) in [5.41, 5.74) is 0.424. The van der Waals surface area contributed by atoms with E-state index in [9.17, 15) is 30.0 Å². The van der Waals surface area contributed by atoms with Crippen LogP contribution in [0.2, 0.25) is 0 Å². The van der Waals surface area contributed by atoms with Gasteiger partial charge in [0.2, 0.25) is 5.95 Å². The summed E-state index contributed by atoms with van der Waals surface area (Å²) in [6.45, 7) is 5.96. The zero-order valence-electron chi connectivity index (χ0n) is 25.6. The first-order chi connectivity index (χ1) is 21.5. The molecule has 0 saturated heterocycles. The lowest BCUT2D eigenvalue weighted by molar-refractivity contribution is 0.361. The van der Waals surface area contributed by atoms with Crippen molar-refractivity contribution in [3.63, 3.8) is 0 Å². The smallest absolute Gasteiger partial charge is 0.267 e. The van der Waals surface area contributed by atoms with E-state index in [1.54, 1.807) is 12.3 Å². The maximum absolute atomic E-state index is 14.9. The first kappa shape index (κ1) is 33.8. The first-order valence-electron chi connectivity index (χ1n) is 14.6. The fourth-order valence-electron chi connectivity index (χ4n) is 5.33. The number of benzene rings is 2. The number of thiazole rings is 1. The van der Waals surface area contributed by atoms with Crippen LogP contribution in [0, 0.1) is 23.4 Å². The van der Waals surface area contributed by atoms with Gasteiger partial charge in [-0.1, -0.05) is 26.8 Å². The molecule has 9 nitrogen and oxygen atoms in total. The molecule has 46 heavy (non-hydrogen) atoms. The zero-order valence-corrected chi connectivity index (χ0v) is 28.1. The highest BCUT2D eigenvalue weighted by Crippen LogP contribution is 2.41. The van der Waals surface area contributed by atoms with Gasteiger partial charge in [-0.3, -0.25) is 4.72 Å². The number of hydrogen-bond donors (Lipinski definition) is 2. The Balaban J connectivity index is 1.46. The van der Waals surface area contributed by atoms with Gasteiger partial charge in [0.05, 0.1) is 32.7 Å². The number of anilines is 2. The lowest BCUT2D eigenvalue weighted by Gasteiger charge is -2.28. The third-order valence-corrected chi connectivity index (χ3v) is 11.5. The van der Waals surface area contributed by atoms with E-state index in [1.807, 2.05) is 25.5 Å². The van der Waals surface area contributed by atoms with E-state index in [4.69, 9.17) is 9.97 Å². The van der Waals surface area contributed by atoms with Gasteiger partial charge in [0.1, 0.15) is 27.3 Å². The van der Waals surface area contributed by atoms with Crippen molar-refractivity contribution in [1.29, 1.82) is 0 Å². The number of nitrogens with zero attached hydrogens (tertiary/aromatic N) is 3. The Hall–Kier alpha value is -3.56. The monoisotopic (exact) mass is 693 g/mol. The second-order valence-corrected chi connectivity index (χ2v) is 17.3. The van der Waals surface area contributed by atoms with Crippen LogP contribution in [-0.4, -0.2) is 49.8 Å². The van der Waals surface area contributed by atoms with Crippen molar-refractivity contribution < 1.29 is 30.0 Å². The van der Waals surface area contributed by atoms with Crippen LogP contribution in [0.15, 0.2) is 53.6 Å². The minimum atomic E-state index is -4.83. The second kappa shape index (κ2) is 12.9. The molecule has 1 aliphatic carbocycles. The summed E-state index contributed by atoms with van der Waals surface area (Å²) in [7, 11) is -7.86. The molecule has 4 aromatic rings. The fraction of sp³-hybridized carbons (Fsp3) is 0.387. The molecule has 1 aliphatic rings. The molecule has 1 fully saturated rings. The summed E-state index contributed by atoms with van der Waals surface area (Å²) in [6.07, 6.45) is 5.97. The highest BCUT2D eigenvalue weighted by molar-refractivity contribution is 7.92. The van der Waals surface area contributed by atoms with Crippen LogP contribution in [0.4, 0.5) is 24.8 Å². The molecule has 2 heterocycles. The molecule has 5 rings (SSSR count). The molecule has 0 amide bonds.